The van der Waals surface area contributed by atoms with E-state index in [1.165, 1.54) is 86.9 Å². The van der Waals surface area contributed by atoms with Gasteiger partial charge in [0.25, 0.3) is 0 Å². The summed E-state index contributed by atoms with van der Waals surface area (Å²) >= 11 is 1.89. The predicted molar refractivity (Wildman–Crippen MR) is 268 cm³/mol. The van der Waals surface area contributed by atoms with Gasteiger partial charge >= 0.3 is 0 Å². The SMILES string of the molecule is c1ccc(-c2ccc(N(c3ccc4c(c3)-c3ccccc3-c3ccccc3C43c4ccccc4-c4cc5sc6ccccc6c5cc43)c3ccc4c(c3)oc3ccccc34)cc2)cc1. The molecule has 0 fully saturated rings. The van der Waals surface area contributed by atoms with Crippen molar-refractivity contribution in [1.82, 2.24) is 0 Å². The average molecular weight is 832 g/mol. The fraction of sp³-hybridized carbons (Fsp3) is 0.0164. The Hall–Kier alpha value is -7.98. The molecular formula is C61H37NOS. The monoisotopic (exact) mass is 831 g/mol. The molecule has 0 radical (unpaired) electrons. The lowest BCUT2D eigenvalue weighted by Gasteiger charge is -2.36. The molecule has 1 atom stereocenters. The molecule has 0 aliphatic heterocycles. The molecule has 2 aromatic heterocycles. The molecule has 298 valence electrons. The van der Waals surface area contributed by atoms with Crippen LogP contribution in [0, 0.1) is 0 Å². The number of benzene rings is 10. The molecule has 0 saturated carbocycles. The molecule has 2 heterocycles. The second kappa shape index (κ2) is 13.5. The number of furan rings is 1. The minimum Gasteiger partial charge on any atom is -0.456 e. The lowest BCUT2D eigenvalue weighted by molar-refractivity contribution is 0.669. The highest BCUT2D eigenvalue weighted by atomic mass is 32.1. The van der Waals surface area contributed by atoms with Crippen LogP contribution in [0.3, 0.4) is 0 Å². The summed E-state index contributed by atoms with van der Waals surface area (Å²) in [6.45, 7) is 0. The largest absolute Gasteiger partial charge is 0.456 e. The summed E-state index contributed by atoms with van der Waals surface area (Å²) in [5.74, 6) is 0. The smallest absolute Gasteiger partial charge is 0.137 e. The van der Waals surface area contributed by atoms with E-state index >= 15 is 0 Å². The van der Waals surface area contributed by atoms with Crippen LogP contribution in [0.2, 0.25) is 0 Å². The molecular weight excluding hydrogens is 795 g/mol. The molecule has 0 amide bonds. The first-order chi connectivity index (χ1) is 31.7. The zero-order chi connectivity index (χ0) is 41.9. The Labute approximate surface area is 374 Å². The van der Waals surface area contributed by atoms with Gasteiger partial charge in [-0.15, -0.1) is 11.3 Å². The van der Waals surface area contributed by atoms with Crippen LogP contribution in [0.25, 0.3) is 86.6 Å². The van der Waals surface area contributed by atoms with E-state index in [9.17, 15) is 0 Å². The third-order valence-corrected chi connectivity index (χ3v) is 15.0. The van der Waals surface area contributed by atoms with Crippen molar-refractivity contribution in [3.05, 3.63) is 247 Å². The van der Waals surface area contributed by atoms with E-state index in [1.807, 2.05) is 17.4 Å². The molecule has 1 unspecified atom stereocenters. The van der Waals surface area contributed by atoms with E-state index in [1.54, 1.807) is 0 Å². The first-order valence-electron chi connectivity index (χ1n) is 22.0. The molecule has 14 rings (SSSR count). The van der Waals surface area contributed by atoms with E-state index in [0.717, 1.165) is 39.0 Å². The molecule has 0 N–H and O–H groups in total. The van der Waals surface area contributed by atoms with Crippen molar-refractivity contribution < 1.29 is 4.42 Å². The standard InChI is InChI=1S/C61H37NOS/c1-2-14-38(15-3-1)39-26-28-40(29-27-39)62(42-30-32-48-47-20-8-12-24-57(47)63-58(48)35-42)41-31-33-55-50(34-41)44-17-5-4-16-43(44)45-18-6-10-22-53(45)61(55)54-23-11-7-19-46(54)51-37-60-52(36-56(51)61)49-21-9-13-25-59(49)64-60/h1-37H. The first kappa shape index (κ1) is 35.6. The molecule has 3 heteroatoms. The molecule has 0 saturated heterocycles. The fourth-order valence-electron chi connectivity index (χ4n) is 11.2. The molecule has 12 aromatic rings. The van der Waals surface area contributed by atoms with Crippen molar-refractivity contribution in [2.24, 2.45) is 0 Å². The number of fused-ring (bicyclic) bond motifs is 18. The molecule has 64 heavy (non-hydrogen) atoms. The van der Waals surface area contributed by atoms with Crippen molar-refractivity contribution in [3.63, 3.8) is 0 Å². The number of nitrogens with zero attached hydrogens (tertiary/aromatic N) is 1. The Bertz CT molecular complexity index is 3860. The van der Waals surface area contributed by atoms with Crippen LogP contribution in [-0.2, 0) is 5.41 Å². The van der Waals surface area contributed by atoms with E-state index in [0.29, 0.717) is 0 Å². The van der Waals surface area contributed by atoms with Crippen LogP contribution in [0.5, 0.6) is 0 Å². The van der Waals surface area contributed by atoms with Gasteiger partial charge in [-0.1, -0.05) is 158 Å². The number of para-hydroxylation sites is 1. The summed E-state index contributed by atoms with van der Waals surface area (Å²) in [5, 5.41) is 4.86. The summed E-state index contributed by atoms with van der Waals surface area (Å²) in [7, 11) is 0. The normalized spacial score (nSPS) is 14.6. The van der Waals surface area contributed by atoms with Crippen LogP contribution < -0.4 is 4.90 Å². The Morgan fingerprint density at radius 3 is 1.66 bits per heavy atom. The highest BCUT2D eigenvalue weighted by Gasteiger charge is 2.50. The molecule has 2 nitrogen and oxygen atoms in total. The minimum absolute atomic E-state index is 0.595. The lowest BCUT2D eigenvalue weighted by Crippen LogP contribution is -2.29. The first-order valence-corrected chi connectivity index (χ1v) is 22.8. The number of rotatable bonds is 4. The zero-order valence-electron chi connectivity index (χ0n) is 34.6. The molecule has 0 bridgehead atoms. The molecule has 2 aliphatic carbocycles. The van der Waals surface area contributed by atoms with Crippen LogP contribution in [0.1, 0.15) is 22.3 Å². The van der Waals surface area contributed by atoms with Crippen LogP contribution >= 0.6 is 11.3 Å². The lowest BCUT2D eigenvalue weighted by atomic mass is 9.65. The summed E-state index contributed by atoms with van der Waals surface area (Å²) in [6.07, 6.45) is 0. The van der Waals surface area contributed by atoms with Gasteiger partial charge in [0, 0.05) is 54.1 Å². The fourth-order valence-corrected chi connectivity index (χ4v) is 12.3. The predicted octanol–water partition coefficient (Wildman–Crippen LogP) is 17.1. The molecule has 2 aliphatic rings. The van der Waals surface area contributed by atoms with Gasteiger partial charge in [-0.05, 0) is 127 Å². The average Bonchev–Trinajstić information content (AvgIpc) is 3.99. The van der Waals surface area contributed by atoms with Gasteiger partial charge in [0.2, 0.25) is 0 Å². The summed E-state index contributed by atoms with van der Waals surface area (Å²) in [4.78, 5) is 2.40. The summed E-state index contributed by atoms with van der Waals surface area (Å²) in [5.41, 5.74) is 19.5. The third kappa shape index (κ3) is 4.96. The van der Waals surface area contributed by atoms with Gasteiger partial charge in [0.15, 0.2) is 0 Å². The second-order valence-electron chi connectivity index (χ2n) is 17.1. The zero-order valence-corrected chi connectivity index (χ0v) is 35.4. The quantitative estimate of drug-likeness (QED) is 0.176. The van der Waals surface area contributed by atoms with Gasteiger partial charge in [0.1, 0.15) is 11.2 Å². The minimum atomic E-state index is -0.595. The maximum atomic E-state index is 6.54. The van der Waals surface area contributed by atoms with Gasteiger partial charge in [-0.25, -0.2) is 0 Å². The van der Waals surface area contributed by atoms with Gasteiger partial charge in [0.05, 0.1) is 5.41 Å². The van der Waals surface area contributed by atoms with Gasteiger partial charge in [-0.3, -0.25) is 0 Å². The Morgan fingerprint density at radius 1 is 0.312 bits per heavy atom. The van der Waals surface area contributed by atoms with Crippen molar-refractivity contribution in [1.29, 1.82) is 0 Å². The molecule has 1 spiro atoms. The van der Waals surface area contributed by atoms with Gasteiger partial charge < -0.3 is 9.32 Å². The number of hydrogen-bond acceptors (Lipinski definition) is 3. The van der Waals surface area contributed by atoms with Crippen molar-refractivity contribution in [2.45, 2.75) is 5.41 Å². The Balaban J connectivity index is 1.06. The van der Waals surface area contributed by atoms with Crippen LogP contribution in [0.15, 0.2) is 229 Å². The second-order valence-corrected chi connectivity index (χ2v) is 18.2. The van der Waals surface area contributed by atoms with E-state index in [4.69, 9.17) is 4.42 Å². The van der Waals surface area contributed by atoms with Crippen LogP contribution in [0.4, 0.5) is 17.1 Å². The highest BCUT2D eigenvalue weighted by Crippen LogP contribution is 2.63. The topological polar surface area (TPSA) is 16.4 Å². The van der Waals surface area contributed by atoms with Crippen LogP contribution in [-0.4, -0.2) is 0 Å². The number of hydrogen-bond donors (Lipinski definition) is 0. The third-order valence-electron chi connectivity index (χ3n) is 13.9. The maximum Gasteiger partial charge on any atom is 0.137 e. The Kier molecular flexibility index (Phi) is 7.51. The Morgan fingerprint density at radius 2 is 0.859 bits per heavy atom. The van der Waals surface area contributed by atoms with E-state index in [-0.39, 0.29) is 0 Å². The van der Waals surface area contributed by atoms with E-state index in [2.05, 4.69) is 223 Å². The van der Waals surface area contributed by atoms with E-state index < -0.39 is 5.41 Å². The molecule has 10 aromatic carbocycles. The van der Waals surface area contributed by atoms with Gasteiger partial charge in [-0.2, -0.15) is 0 Å². The van der Waals surface area contributed by atoms with Crippen molar-refractivity contribution in [2.75, 3.05) is 4.90 Å². The maximum absolute atomic E-state index is 6.54. The van der Waals surface area contributed by atoms with Crippen molar-refractivity contribution >= 4 is 70.5 Å². The van der Waals surface area contributed by atoms with Crippen molar-refractivity contribution in [3.8, 4) is 44.5 Å². The number of anilines is 3. The summed E-state index contributed by atoms with van der Waals surface area (Å²) < 4.78 is 9.18. The number of thiophene rings is 1. The highest BCUT2D eigenvalue weighted by molar-refractivity contribution is 7.25. The summed E-state index contributed by atoms with van der Waals surface area (Å²) in [6, 6.07) is 83.1.